The predicted octanol–water partition coefficient (Wildman–Crippen LogP) is 10.6. The summed E-state index contributed by atoms with van der Waals surface area (Å²) >= 11 is 0. The second-order valence-electron chi connectivity index (χ2n) is 13.9. The van der Waals surface area contributed by atoms with Crippen molar-refractivity contribution in [1.29, 1.82) is 15.8 Å². The van der Waals surface area contributed by atoms with E-state index in [2.05, 4.69) is 126 Å². The quantitative estimate of drug-likeness (QED) is 0.191. The minimum Gasteiger partial charge on any atom is -0.330 e. The number of nitriles is 3. The lowest BCUT2D eigenvalue weighted by molar-refractivity contribution is 0.528. The smallest absolute Gasteiger partial charge is 0.102 e. The second-order valence-corrected chi connectivity index (χ2v) is 13.9. The van der Waals surface area contributed by atoms with Gasteiger partial charge in [0, 0.05) is 28.2 Å². The Bertz CT molecular complexity index is 2670. The topological polar surface area (TPSA) is 79.5 Å². The highest BCUT2D eigenvalue weighted by Crippen LogP contribution is 2.54. The molecular weight excluding hydrogens is 635 g/mol. The van der Waals surface area contributed by atoms with Gasteiger partial charge in [-0.3, -0.25) is 0 Å². The molecule has 0 radical (unpaired) electrons. The Morgan fingerprint density at radius 3 is 2.50 bits per heavy atom. The van der Waals surface area contributed by atoms with Gasteiger partial charge in [-0.2, -0.15) is 15.8 Å². The average molecular weight is 668 g/mol. The van der Waals surface area contributed by atoms with Gasteiger partial charge in [-0.15, -0.1) is 0 Å². The van der Waals surface area contributed by atoms with Crippen LogP contribution >= 0.6 is 0 Å². The molecule has 9 rings (SSSR count). The minimum absolute atomic E-state index is 0.0249. The number of benzene rings is 4. The van der Waals surface area contributed by atoms with Crippen molar-refractivity contribution in [3.8, 4) is 35.0 Å². The molecule has 0 saturated heterocycles. The zero-order valence-corrected chi connectivity index (χ0v) is 28.7. The van der Waals surface area contributed by atoms with E-state index in [1.54, 1.807) is 0 Å². The van der Waals surface area contributed by atoms with E-state index in [4.69, 9.17) is 0 Å². The fourth-order valence-corrected chi connectivity index (χ4v) is 8.81. The van der Waals surface area contributed by atoms with Gasteiger partial charge < -0.3 is 9.47 Å². The van der Waals surface area contributed by atoms with Crippen LogP contribution in [0.3, 0.4) is 0 Å². The van der Waals surface area contributed by atoms with Crippen LogP contribution in [-0.2, 0) is 6.42 Å². The average Bonchev–Trinajstić information content (AvgIpc) is 3.55. The molecular formula is C47H33N5. The number of allylic oxidation sites excluding steroid dienone is 8. The van der Waals surface area contributed by atoms with Crippen LogP contribution in [0, 0.1) is 34.0 Å². The molecule has 0 fully saturated rings. The van der Waals surface area contributed by atoms with Gasteiger partial charge in [0.05, 0.1) is 45.2 Å². The third-order valence-corrected chi connectivity index (χ3v) is 11.1. The summed E-state index contributed by atoms with van der Waals surface area (Å²) in [4.78, 5) is 2.26. The van der Waals surface area contributed by atoms with E-state index in [0.717, 1.165) is 63.4 Å². The summed E-state index contributed by atoms with van der Waals surface area (Å²) in [6, 6.07) is 38.6. The maximum Gasteiger partial charge on any atom is 0.102 e. The molecule has 3 aliphatic carbocycles. The van der Waals surface area contributed by atoms with Crippen LogP contribution in [0.1, 0.15) is 53.6 Å². The normalized spacial score (nSPS) is 19.9. The van der Waals surface area contributed by atoms with Gasteiger partial charge in [0.25, 0.3) is 0 Å². The van der Waals surface area contributed by atoms with Gasteiger partial charge in [0.2, 0.25) is 0 Å². The zero-order chi connectivity index (χ0) is 35.4. The fourth-order valence-electron chi connectivity index (χ4n) is 8.81. The number of fused-ring (bicyclic) bond motifs is 6. The van der Waals surface area contributed by atoms with E-state index in [1.165, 1.54) is 16.5 Å². The molecule has 1 aromatic heterocycles. The summed E-state index contributed by atoms with van der Waals surface area (Å²) in [6.07, 6.45) is 19.2. The van der Waals surface area contributed by atoms with Crippen molar-refractivity contribution in [1.82, 2.24) is 4.57 Å². The van der Waals surface area contributed by atoms with Crippen LogP contribution < -0.4 is 4.90 Å². The number of aryl methyl sites for hydroxylation is 1. The molecule has 4 aromatic carbocycles. The zero-order valence-electron chi connectivity index (χ0n) is 28.7. The minimum atomic E-state index is -0.581. The number of anilines is 1. The van der Waals surface area contributed by atoms with E-state index in [-0.39, 0.29) is 5.92 Å². The molecule has 1 aliphatic heterocycles. The molecule has 52 heavy (non-hydrogen) atoms. The number of rotatable bonds is 4. The molecule has 0 N–H and O–H groups in total. The van der Waals surface area contributed by atoms with Crippen LogP contribution in [0.15, 0.2) is 150 Å². The van der Waals surface area contributed by atoms with Crippen molar-refractivity contribution in [3.63, 3.8) is 0 Å². The molecule has 2 unspecified atom stereocenters. The van der Waals surface area contributed by atoms with E-state index >= 15 is 0 Å². The number of hydrogen-bond donors (Lipinski definition) is 0. The van der Waals surface area contributed by atoms with Crippen molar-refractivity contribution in [2.45, 2.75) is 37.6 Å². The van der Waals surface area contributed by atoms with Gasteiger partial charge in [0.15, 0.2) is 0 Å². The molecule has 0 amide bonds. The lowest BCUT2D eigenvalue weighted by Crippen LogP contribution is -2.45. The molecule has 4 aliphatic rings. The highest BCUT2D eigenvalue weighted by atomic mass is 15.2. The fraction of sp³-hybridized carbons (Fsp3) is 0.128. The van der Waals surface area contributed by atoms with Gasteiger partial charge in [-0.05, 0) is 103 Å². The number of para-hydroxylation sites is 3. The summed E-state index contributed by atoms with van der Waals surface area (Å²) in [5, 5.41) is 32.6. The van der Waals surface area contributed by atoms with E-state index in [0.29, 0.717) is 23.1 Å². The first-order chi connectivity index (χ1) is 25.6. The van der Waals surface area contributed by atoms with E-state index < -0.39 is 5.54 Å². The monoisotopic (exact) mass is 667 g/mol. The lowest BCUT2D eigenvalue weighted by atomic mass is 9.78. The first kappa shape index (κ1) is 31.1. The maximum absolute atomic E-state index is 11.0. The van der Waals surface area contributed by atoms with Crippen LogP contribution in [-0.4, -0.2) is 10.1 Å². The highest BCUT2D eigenvalue weighted by Gasteiger charge is 2.49. The van der Waals surface area contributed by atoms with Gasteiger partial charge in [0.1, 0.15) is 12.1 Å². The van der Waals surface area contributed by atoms with Crippen LogP contribution in [0.2, 0.25) is 0 Å². The number of nitrogens with zero attached hydrogens (tertiary/aromatic N) is 5. The Balaban J connectivity index is 1.22. The predicted molar refractivity (Wildman–Crippen MR) is 208 cm³/mol. The highest BCUT2D eigenvalue weighted by molar-refractivity contribution is 5.94. The molecule has 5 aromatic rings. The Kier molecular flexibility index (Phi) is 7.29. The summed E-state index contributed by atoms with van der Waals surface area (Å²) < 4.78 is 2.26. The second kappa shape index (κ2) is 12.2. The summed E-state index contributed by atoms with van der Waals surface area (Å²) in [5.74, 6) is 0.0249. The maximum atomic E-state index is 11.0. The summed E-state index contributed by atoms with van der Waals surface area (Å²) in [7, 11) is 0. The van der Waals surface area contributed by atoms with Crippen LogP contribution in [0.25, 0.3) is 39.4 Å². The standard InChI is InChI=1S/C47H33N5/c1-47-27-31(28-48)24-25-41(47)39-18-5-9-22-44(39)52(47)45-23-8-2-15-35(40(45)30-50)32-12-10-13-33(26-32)36-19-11-14-34(29-49)46(36)51-42-20-6-3-16-37(42)38-17-4-7-21-43(38)51/h2-3,5-14,16,18-27,41H,4,15,17H2,1H3. The lowest BCUT2D eigenvalue weighted by Gasteiger charge is -2.41. The molecule has 5 nitrogen and oxygen atoms in total. The van der Waals surface area contributed by atoms with Crippen molar-refractivity contribution in [2.24, 2.45) is 0 Å². The van der Waals surface area contributed by atoms with Crippen LogP contribution in [0.4, 0.5) is 5.69 Å². The van der Waals surface area contributed by atoms with Gasteiger partial charge in [-0.25, -0.2) is 0 Å². The molecule has 0 bridgehead atoms. The van der Waals surface area contributed by atoms with Gasteiger partial charge >= 0.3 is 0 Å². The largest absolute Gasteiger partial charge is 0.330 e. The SMILES string of the molecule is CC12C=C(C#N)C=CC1c1ccccc1N2C1=CC=CCC(c2cccc(-c3cccc(C#N)c3-n3c4c(c5ccccc53)CCC=C4)c2)=C1C#N. The molecule has 2 heterocycles. The van der Waals surface area contributed by atoms with Crippen molar-refractivity contribution in [3.05, 3.63) is 178 Å². The number of hydrogen-bond acceptors (Lipinski definition) is 4. The molecule has 0 spiro atoms. The third-order valence-electron chi connectivity index (χ3n) is 11.1. The molecule has 246 valence electrons. The van der Waals surface area contributed by atoms with Gasteiger partial charge in [-0.1, -0.05) is 91.0 Å². The Labute approximate surface area is 303 Å². The van der Waals surface area contributed by atoms with Crippen molar-refractivity contribution < 1.29 is 0 Å². The summed E-state index contributed by atoms with van der Waals surface area (Å²) in [5.41, 5.74) is 12.4. The van der Waals surface area contributed by atoms with Crippen molar-refractivity contribution >= 4 is 28.2 Å². The van der Waals surface area contributed by atoms with Crippen molar-refractivity contribution in [2.75, 3.05) is 4.90 Å². The first-order valence-electron chi connectivity index (χ1n) is 17.7. The van der Waals surface area contributed by atoms with E-state index in [1.807, 2.05) is 48.6 Å². The Morgan fingerprint density at radius 1 is 0.808 bits per heavy atom. The number of aromatic nitrogens is 1. The molecule has 2 atom stereocenters. The third kappa shape index (κ3) is 4.59. The summed E-state index contributed by atoms with van der Waals surface area (Å²) in [6.45, 7) is 2.16. The van der Waals surface area contributed by atoms with Crippen LogP contribution in [0.5, 0.6) is 0 Å². The molecule has 5 heteroatoms. The Hall–Kier alpha value is -6.87. The molecule has 0 saturated carbocycles. The first-order valence-corrected chi connectivity index (χ1v) is 17.7. The Morgan fingerprint density at radius 2 is 1.63 bits per heavy atom. The van der Waals surface area contributed by atoms with E-state index in [9.17, 15) is 15.8 Å².